The zero-order valence-electron chi connectivity index (χ0n) is 11.0. The number of nitrogens with one attached hydrogen (secondary N) is 2. The second kappa shape index (κ2) is 7.22. The number of carbonyl (C=O) groups is 2. The number of anilines is 1. The van der Waals surface area contributed by atoms with Gasteiger partial charge in [-0.25, -0.2) is 20.1 Å². The van der Waals surface area contributed by atoms with Gasteiger partial charge in [0.05, 0.1) is 13.2 Å². The predicted molar refractivity (Wildman–Crippen MR) is 66.9 cm³/mol. The highest BCUT2D eigenvalue weighted by molar-refractivity contribution is 7.17. The van der Waals surface area contributed by atoms with Crippen LogP contribution in [-0.2, 0) is 15.8 Å². The Kier molecular flexibility index (Phi) is 5.90. The first-order chi connectivity index (χ1) is 9.79. The Bertz CT molecular complexity index is 518. The van der Waals surface area contributed by atoms with Crippen LogP contribution in [0.2, 0.25) is 0 Å². The lowest BCUT2D eigenvalue weighted by Crippen LogP contribution is -2.28. The lowest BCUT2D eigenvalue weighted by atomic mass is 10.3. The van der Waals surface area contributed by atoms with Crippen LogP contribution in [0.4, 0.5) is 23.1 Å². The van der Waals surface area contributed by atoms with E-state index in [2.05, 4.69) is 14.6 Å². The molecule has 0 saturated carbocycles. The fourth-order valence-electron chi connectivity index (χ4n) is 1.16. The van der Waals surface area contributed by atoms with Gasteiger partial charge < -0.3 is 4.74 Å². The topological polar surface area (TPSA) is 89.5 Å². The fraction of sp³-hybridized carbons (Fsp3) is 0.500. The fourth-order valence-corrected chi connectivity index (χ4v) is 2.04. The molecule has 0 fully saturated rings. The van der Waals surface area contributed by atoms with Gasteiger partial charge in [-0.15, -0.1) is 0 Å². The van der Waals surface area contributed by atoms with Gasteiger partial charge in [0.2, 0.25) is 0 Å². The highest BCUT2D eigenvalue weighted by Gasteiger charge is 2.40. The first-order valence-electron chi connectivity index (χ1n) is 5.73. The van der Waals surface area contributed by atoms with E-state index >= 15 is 0 Å². The summed E-state index contributed by atoms with van der Waals surface area (Å²) < 4.78 is 42.9. The third kappa shape index (κ3) is 4.86. The van der Waals surface area contributed by atoms with Crippen LogP contribution in [0.3, 0.4) is 0 Å². The first kappa shape index (κ1) is 17.2. The predicted octanol–water partition coefficient (Wildman–Crippen LogP) is 2.41. The zero-order valence-corrected chi connectivity index (χ0v) is 11.9. The van der Waals surface area contributed by atoms with Crippen molar-refractivity contribution in [2.45, 2.75) is 20.0 Å². The molecular weight excluding hydrogens is 315 g/mol. The molecule has 0 bridgehead atoms. The second-order valence-corrected chi connectivity index (χ2v) is 4.40. The minimum Gasteiger partial charge on any atom is -0.462 e. The summed E-state index contributed by atoms with van der Waals surface area (Å²) in [5.74, 6) is -1.15. The van der Waals surface area contributed by atoms with E-state index in [4.69, 9.17) is 0 Å². The Morgan fingerprint density at radius 3 is 2.48 bits per heavy atom. The molecule has 0 unspecified atom stereocenters. The number of hydrogen-bond donors (Lipinski definition) is 2. The molecule has 0 aliphatic rings. The Morgan fingerprint density at radius 2 is 1.95 bits per heavy atom. The molecule has 1 aromatic heterocycles. The van der Waals surface area contributed by atoms with Gasteiger partial charge in [0.1, 0.15) is 4.88 Å². The lowest BCUT2D eigenvalue weighted by molar-refractivity contribution is -0.141. The molecule has 0 atom stereocenters. The molecule has 0 spiro atoms. The van der Waals surface area contributed by atoms with E-state index in [9.17, 15) is 22.8 Å². The van der Waals surface area contributed by atoms with Gasteiger partial charge >= 0.3 is 18.2 Å². The van der Waals surface area contributed by atoms with E-state index in [1.54, 1.807) is 6.92 Å². The average molecular weight is 327 g/mol. The minimum atomic E-state index is -4.84. The van der Waals surface area contributed by atoms with Crippen LogP contribution in [0.5, 0.6) is 0 Å². The third-order valence-electron chi connectivity index (χ3n) is 1.89. The monoisotopic (exact) mass is 327 g/mol. The largest absolute Gasteiger partial charge is 0.462 e. The van der Waals surface area contributed by atoms with E-state index in [-0.39, 0.29) is 13.2 Å². The number of ether oxygens (including phenoxy) is 1. The number of carbonyl (C=O) groups excluding carboxylic acids is 2. The van der Waals surface area contributed by atoms with Gasteiger partial charge in [0.25, 0.3) is 0 Å². The molecule has 0 aliphatic carbocycles. The number of esters is 1. The number of urea groups is 1. The molecule has 0 radical (unpaired) electrons. The van der Waals surface area contributed by atoms with Gasteiger partial charge in [-0.2, -0.15) is 13.2 Å². The standard InChI is InChI=1S/C10H12F3N3O4S/c1-3-19-7(17)5-6(10(11,12)13)14-9(21-5)15-8(18)16-20-4-2/h3-4H2,1-2H3,(H2,14,15,16,18). The molecule has 0 aromatic carbocycles. The molecule has 11 heteroatoms. The van der Waals surface area contributed by atoms with Crippen LogP contribution in [0.1, 0.15) is 29.2 Å². The number of rotatable bonds is 5. The molecular formula is C10H12F3N3O4S. The van der Waals surface area contributed by atoms with Crippen molar-refractivity contribution in [2.24, 2.45) is 0 Å². The number of amides is 2. The van der Waals surface area contributed by atoms with Crippen molar-refractivity contribution in [3.8, 4) is 0 Å². The zero-order chi connectivity index (χ0) is 16.0. The molecule has 21 heavy (non-hydrogen) atoms. The molecule has 2 N–H and O–H groups in total. The lowest BCUT2D eigenvalue weighted by Gasteiger charge is -2.05. The molecule has 0 saturated heterocycles. The SMILES string of the molecule is CCONC(=O)Nc1nc(C(F)(F)F)c(C(=O)OCC)s1. The minimum absolute atomic E-state index is 0.0817. The van der Waals surface area contributed by atoms with Crippen LogP contribution >= 0.6 is 11.3 Å². The number of aromatic nitrogens is 1. The number of alkyl halides is 3. The first-order valence-corrected chi connectivity index (χ1v) is 6.55. The maximum atomic E-state index is 12.8. The number of hydroxylamine groups is 1. The number of hydrogen-bond acceptors (Lipinski definition) is 6. The van der Waals surface area contributed by atoms with Crippen molar-refractivity contribution in [3.63, 3.8) is 0 Å². The molecule has 2 amide bonds. The van der Waals surface area contributed by atoms with Crippen LogP contribution in [0, 0.1) is 0 Å². The average Bonchev–Trinajstić information content (AvgIpc) is 2.80. The van der Waals surface area contributed by atoms with Gasteiger partial charge in [0.15, 0.2) is 10.8 Å². The molecule has 1 rings (SSSR count). The summed E-state index contributed by atoms with van der Waals surface area (Å²) in [6.45, 7) is 3.15. The van der Waals surface area contributed by atoms with E-state index in [1.165, 1.54) is 6.92 Å². The number of nitrogens with zero attached hydrogens (tertiary/aromatic N) is 1. The maximum absolute atomic E-state index is 12.8. The van der Waals surface area contributed by atoms with E-state index in [1.807, 2.05) is 10.8 Å². The second-order valence-electron chi connectivity index (χ2n) is 3.40. The van der Waals surface area contributed by atoms with E-state index in [0.717, 1.165) is 0 Å². The summed E-state index contributed by atoms with van der Waals surface area (Å²) in [6, 6.07) is -0.908. The van der Waals surface area contributed by atoms with Crippen LogP contribution in [0.15, 0.2) is 0 Å². The smallest absolute Gasteiger partial charge is 0.435 e. The van der Waals surface area contributed by atoms with Crippen molar-refractivity contribution >= 4 is 28.5 Å². The van der Waals surface area contributed by atoms with E-state index < -0.39 is 33.9 Å². The molecule has 1 aromatic rings. The van der Waals surface area contributed by atoms with Crippen LogP contribution in [0.25, 0.3) is 0 Å². The quantitative estimate of drug-likeness (QED) is 0.640. The molecule has 118 valence electrons. The summed E-state index contributed by atoms with van der Waals surface area (Å²) in [7, 11) is 0. The number of halogens is 3. The Morgan fingerprint density at radius 1 is 1.29 bits per heavy atom. The maximum Gasteiger partial charge on any atom is 0.435 e. The van der Waals surface area contributed by atoms with Crippen molar-refractivity contribution in [1.82, 2.24) is 10.5 Å². The summed E-state index contributed by atoms with van der Waals surface area (Å²) in [4.78, 5) is 29.8. The van der Waals surface area contributed by atoms with Crippen molar-refractivity contribution in [2.75, 3.05) is 18.5 Å². The van der Waals surface area contributed by atoms with Crippen molar-refractivity contribution in [1.29, 1.82) is 0 Å². The van der Waals surface area contributed by atoms with Crippen LogP contribution in [-0.4, -0.2) is 30.2 Å². The van der Waals surface area contributed by atoms with Crippen molar-refractivity contribution < 1.29 is 32.3 Å². The number of thiazole rings is 1. The summed E-state index contributed by atoms with van der Waals surface area (Å²) >= 11 is 0.363. The highest BCUT2D eigenvalue weighted by Crippen LogP contribution is 2.36. The van der Waals surface area contributed by atoms with Crippen molar-refractivity contribution in [3.05, 3.63) is 10.6 Å². The molecule has 7 nitrogen and oxygen atoms in total. The Balaban J connectivity index is 2.98. The van der Waals surface area contributed by atoms with Gasteiger partial charge in [-0.1, -0.05) is 11.3 Å². The highest BCUT2D eigenvalue weighted by atomic mass is 32.1. The Hall–Kier alpha value is -1.88. The third-order valence-corrected chi connectivity index (χ3v) is 2.84. The van der Waals surface area contributed by atoms with Crippen LogP contribution < -0.4 is 10.8 Å². The van der Waals surface area contributed by atoms with Gasteiger partial charge in [0, 0.05) is 0 Å². The normalized spacial score (nSPS) is 11.1. The molecule has 1 heterocycles. The van der Waals surface area contributed by atoms with Gasteiger partial charge in [-0.05, 0) is 13.8 Å². The summed E-state index contributed by atoms with van der Waals surface area (Å²) in [5, 5.41) is 1.63. The molecule has 0 aliphatic heterocycles. The van der Waals surface area contributed by atoms with E-state index in [0.29, 0.717) is 11.3 Å². The summed E-state index contributed by atoms with van der Waals surface area (Å²) in [5.41, 5.74) is 0.517. The van der Waals surface area contributed by atoms with Gasteiger partial charge in [-0.3, -0.25) is 10.2 Å². The summed E-state index contributed by atoms with van der Waals surface area (Å²) in [6.07, 6.45) is -4.84. The Labute approximate surface area is 121 Å².